The minimum absolute atomic E-state index is 0.123. The average Bonchev–Trinajstić information content (AvgIpc) is 2.98. The highest BCUT2D eigenvalue weighted by molar-refractivity contribution is 7.89. The summed E-state index contributed by atoms with van der Waals surface area (Å²) < 4.78 is 32.5. The molecule has 5 nitrogen and oxygen atoms in total. The average molecular weight is 309 g/mol. The van der Waals surface area contributed by atoms with Gasteiger partial charge in [-0.15, -0.1) is 0 Å². The van der Waals surface area contributed by atoms with Gasteiger partial charge in [0.05, 0.1) is 17.8 Å². The van der Waals surface area contributed by atoms with E-state index in [4.69, 9.17) is 4.42 Å². The Morgan fingerprint density at radius 3 is 2.67 bits per heavy atom. The van der Waals surface area contributed by atoms with E-state index in [2.05, 4.69) is 4.72 Å². The summed E-state index contributed by atoms with van der Waals surface area (Å²) in [5.41, 5.74) is 0.392. The summed E-state index contributed by atoms with van der Waals surface area (Å²) in [6.45, 7) is 1.50. The Labute approximate surface area is 124 Å². The quantitative estimate of drug-likeness (QED) is 0.820. The zero-order valence-electron chi connectivity index (χ0n) is 11.8. The lowest BCUT2D eigenvalue weighted by atomic mass is 10.2. The van der Waals surface area contributed by atoms with Gasteiger partial charge in [-0.2, -0.15) is 0 Å². The van der Waals surface area contributed by atoms with Crippen LogP contribution in [0.25, 0.3) is 0 Å². The molecular formula is C15H19NO4S. The molecule has 0 fully saturated rings. The van der Waals surface area contributed by atoms with Gasteiger partial charge in [-0.3, -0.25) is 0 Å². The van der Waals surface area contributed by atoms with Crippen LogP contribution >= 0.6 is 0 Å². The van der Waals surface area contributed by atoms with E-state index >= 15 is 0 Å². The van der Waals surface area contributed by atoms with E-state index in [1.807, 2.05) is 19.1 Å². The number of aryl methyl sites for hydroxylation is 1. The van der Waals surface area contributed by atoms with Crippen LogP contribution in [0.3, 0.4) is 0 Å². The molecule has 1 atom stereocenters. The predicted octanol–water partition coefficient (Wildman–Crippen LogP) is 2.07. The first-order chi connectivity index (χ1) is 10.0. The fraction of sp³-hybridized carbons (Fsp3) is 0.333. The standard InChI is InChI=1S/C15H19NO4S/c1-12(8-9-14-6-4-10-20-14)16-21(18,19)15-7-3-2-5-13(15)11-17/h2-7,10,12,16-17H,8-9,11H2,1H3. The highest BCUT2D eigenvalue weighted by Gasteiger charge is 2.20. The van der Waals surface area contributed by atoms with Crippen molar-refractivity contribution in [2.75, 3.05) is 0 Å². The molecular weight excluding hydrogens is 290 g/mol. The van der Waals surface area contributed by atoms with Crippen molar-refractivity contribution in [2.24, 2.45) is 0 Å². The number of furan rings is 1. The molecule has 0 bridgehead atoms. The van der Waals surface area contributed by atoms with Gasteiger partial charge in [0.2, 0.25) is 10.0 Å². The number of hydrogen-bond donors (Lipinski definition) is 2. The van der Waals surface area contributed by atoms with Gasteiger partial charge in [0.25, 0.3) is 0 Å². The number of benzene rings is 1. The number of aliphatic hydroxyl groups is 1. The summed E-state index contributed by atoms with van der Waals surface area (Å²) in [6.07, 6.45) is 2.90. The van der Waals surface area contributed by atoms with Crippen molar-refractivity contribution in [3.8, 4) is 0 Å². The van der Waals surface area contributed by atoms with Crippen molar-refractivity contribution in [3.63, 3.8) is 0 Å². The molecule has 2 rings (SSSR count). The number of hydrogen-bond acceptors (Lipinski definition) is 4. The lowest BCUT2D eigenvalue weighted by Gasteiger charge is -2.15. The monoisotopic (exact) mass is 309 g/mol. The topological polar surface area (TPSA) is 79.5 Å². The van der Waals surface area contributed by atoms with Gasteiger partial charge in [0.1, 0.15) is 5.76 Å². The fourth-order valence-corrected chi connectivity index (χ4v) is 3.61. The molecule has 2 aromatic rings. The van der Waals surface area contributed by atoms with Gasteiger partial charge >= 0.3 is 0 Å². The largest absolute Gasteiger partial charge is 0.469 e. The van der Waals surface area contributed by atoms with Crippen molar-refractivity contribution in [3.05, 3.63) is 54.0 Å². The third-order valence-electron chi connectivity index (χ3n) is 3.19. The summed E-state index contributed by atoms with van der Waals surface area (Å²) in [4.78, 5) is 0.123. The molecule has 1 heterocycles. The SMILES string of the molecule is CC(CCc1ccco1)NS(=O)(=O)c1ccccc1CO. The van der Waals surface area contributed by atoms with Crippen molar-refractivity contribution in [2.45, 2.75) is 37.3 Å². The molecule has 0 aliphatic rings. The van der Waals surface area contributed by atoms with Crippen molar-refractivity contribution in [1.82, 2.24) is 4.72 Å². The number of rotatable bonds is 7. The first kappa shape index (κ1) is 15.8. The van der Waals surface area contributed by atoms with Crippen molar-refractivity contribution >= 4 is 10.0 Å². The van der Waals surface area contributed by atoms with Crippen molar-refractivity contribution in [1.29, 1.82) is 0 Å². The zero-order chi connectivity index (χ0) is 15.3. The van der Waals surface area contributed by atoms with Crippen LogP contribution in [0.4, 0.5) is 0 Å². The summed E-state index contributed by atoms with van der Waals surface area (Å²) in [6, 6.07) is 9.87. The number of nitrogens with one attached hydrogen (secondary N) is 1. The number of aliphatic hydroxyl groups excluding tert-OH is 1. The maximum atomic E-state index is 12.3. The smallest absolute Gasteiger partial charge is 0.241 e. The summed E-state index contributed by atoms with van der Waals surface area (Å²) >= 11 is 0. The molecule has 2 N–H and O–H groups in total. The van der Waals surface area contributed by atoms with E-state index in [0.717, 1.165) is 5.76 Å². The van der Waals surface area contributed by atoms with Crippen LogP contribution < -0.4 is 4.72 Å². The third kappa shape index (κ3) is 4.17. The zero-order valence-corrected chi connectivity index (χ0v) is 12.6. The maximum absolute atomic E-state index is 12.3. The predicted molar refractivity (Wildman–Crippen MR) is 79.2 cm³/mol. The van der Waals surface area contributed by atoms with Gasteiger partial charge < -0.3 is 9.52 Å². The van der Waals surface area contributed by atoms with Gasteiger partial charge in [-0.1, -0.05) is 18.2 Å². The molecule has 0 aliphatic carbocycles. The van der Waals surface area contributed by atoms with Crippen LogP contribution in [0.2, 0.25) is 0 Å². The van der Waals surface area contributed by atoms with Gasteiger partial charge in [0.15, 0.2) is 0 Å². The van der Waals surface area contributed by atoms with E-state index in [1.54, 1.807) is 24.5 Å². The summed E-state index contributed by atoms with van der Waals surface area (Å²) in [5, 5.41) is 9.24. The molecule has 0 spiro atoms. The van der Waals surface area contributed by atoms with Gasteiger partial charge in [0, 0.05) is 12.5 Å². The normalized spacial score (nSPS) is 13.2. The molecule has 0 saturated carbocycles. The molecule has 0 amide bonds. The summed E-state index contributed by atoms with van der Waals surface area (Å²) in [7, 11) is -3.63. The maximum Gasteiger partial charge on any atom is 0.241 e. The van der Waals surface area contributed by atoms with E-state index in [9.17, 15) is 13.5 Å². The minimum Gasteiger partial charge on any atom is -0.469 e. The molecule has 0 aliphatic heterocycles. The first-order valence-corrected chi connectivity index (χ1v) is 8.24. The third-order valence-corrected chi connectivity index (χ3v) is 4.88. The van der Waals surface area contributed by atoms with E-state index < -0.39 is 10.0 Å². The van der Waals surface area contributed by atoms with E-state index in [0.29, 0.717) is 18.4 Å². The lowest BCUT2D eigenvalue weighted by Crippen LogP contribution is -2.33. The lowest BCUT2D eigenvalue weighted by molar-refractivity contribution is 0.278. The first-order valence-electron chi connectivity index (χ1n) is 6.76. The highest BCUT2D eigenvalue weighted by atomic mass is 32.2. The molecule has 1 aromatic heterocycles. The Hall–Kier alpha value is -1.63. The molecule has 6 heteroatoms. The highest BCUT2D eigenvalue weighted by Crippen LogP contribution is 2.16. The molecule has 1 aromatic carbocycles. The van der Waals surface area contributed by atoms with E-state index in [1.165, 1.54) is 6.07 Å². The van der Waals surface area contributed by atoms with Gasteiger partial charge in [-0.25, -0.2) is 13.1 Å². The second-order valence-corrected chi connectivity index (χ2v) is 6.59. The molecule has 0 saturated heterocycles. The van der Waals surface area contributed by atoms with E-state index in [-0.39, 0.29) is 17.5 Å². The Kier molecular flexibility index (Phi) is 5.17. The van der Waals surface area contributed by atoms with Crippen LogP contribution in [0.15, 0.2) is 52.0 Å². The fourth-order valence-electron chi connectivity index (χ4n) is 2.10. The summed E-state index contributed by atoms with van der Waals surface area (Å²) in [5.74, 6) is 0.830. The van der Waals surface area contributed by atoms with Gasteiger partial charge in [-0.05, 0) is 37.1 Å². The van der Waals surface area contributed by atoms with Crippen LogP contribution in [0.1, 0.15) is 24.7 Å². The van der Waals surface area contributed by atoms with Crippen LogP contribution in [-0.4, -0.2) is 19.6 Å². The minimum atomic E-state index is -3.63. The number of sulfonamides is 1. The molecule has 0 radical (unpaired) electrons. The Morgan fingerprint density at radius 1 is 1.24 bits per heavy atom. The Morgan fingerprint density at radius 2 is 2.00 bits per heavy atom. The Bertz CT molecular complexity index is 665. The molecule has 21 heavy (non-hydrogen) atoms. The Balaban J connectivity index is 2.03. The second-order valence-electron chi connectivity index (χ2n) is 4.91. The van der Waals surface area contributed by atoms with Crippen LogP contribution in [0.5, 0.6) is 0 Å². The van der Waals surface area contributed by atoms with Crippen LogP contribution in [-0.2, 0) is 23.1 Å². The van der Waals surface area contributed by atoms with Crippen molar-refractivity contribution < 1.29 is 17.9 Å². The molecule has 114 valence electrons. The second kappa shape index (κ2) is 6.89. The van der Waals surface area contributed by atoms with Crippen LogP contribution in [0, 0.1) is 0 Å². The molecule has 1 unspecified atom stereocenters.